The monoisotopic (exact) mass is 494 g/mol. The van der Waals surface area contributed by atoms with Gasteiger partial charge in [-0.15, -0.1) is 0 Å². The third kappa shape index (κ3) is 4.70. The molecule has 6 heteroatoms. The third-order valence-electron chi connectivity index (χ3n) is 5.68. The lowest BCUT2D eigenvalue weighted by atomic mass is 10.1. The van der Waals surface area contributed by atoms with Crippen LogP contribution in [0.4, 0.5) is 4.39 Å². The quantitative estimate of drug-likeness (QED) is 0.348. The van der Waals surface area contributed by atoms with Crippen molar-refractivity contribution in [3.8, 4) is 5.75 Å². The lowest BCUT2D eigenvalue weighted by Gasteiger charge is -2.10. The Balaban J connectivity index is 1.59. The van der Waals surface area contributed by atoms with Crippen molar-refractivity contribution in [2.45, 2.75) is 19.9 Å². The van der Waals surface area contributed by atoms with Gasteiger partial charge in [0.1, 0.15) is 11.6 Å². The maximum Gasteiger partial charge on any atom is 0.251 e. The molecule has 4 rings (SSSR count). The van der Waals surface area contributed by atoms with Crippen molar-refractivity contribution < 1.29 is 13.9 Å². The molecule has 1 amide bonds. The fraction of sp³-hybridized carbons (Fsp3) is 0.192. The van der Waals surface area contributed by atoms with Gasteiger partial charge < -0.3 is 14.6 Å². The second kappa shape index (κ2) is 9.57. The van der Waals surface area contributed by atoms with Crippen molar-refractivity contribution in [3.63, 3.8) is 0 Å². The molecule has 0 aliphatic heterocycles. The van der Waals surface area contributed by atoms with Gasteiger partial charge in [-0.05, 0) is 79.1 Å². The molecule has 32 heavy (non-hydrogen) atoms. The van der Waals surface area contributed by atoms with E-state index in [0.717, 1.165) is 33.4 Å². The summed E-state index contributed by atoms with van der Waals surface area (Å²) in [5.41, 5.74) is 5.12. The summed E-state index contributed by atoms with van der Waals surface area (Å²) in [6, 6.07) is 20.0. The molecule has 4 nitrogen and oxygen atoms in total. The molecule has 1 N–H and O–H groups in total. The van der Waals surface area contributed by atoms with Gasteiger partial charge in [0, 0.05) is 39.7 Å². The second-order valence-corrected chi connectivity index (χ2v) is 8.59. The highest BCUT2D eigenvalue weighted by Gasteiger charge is 2.16. The number of benzene rings is 3. The number of amides is 1. The molecule has 0 atom stereocenters. The Kier molecular flexibility index (Phi) is 6.61. The average Bonchev–Trinajstić information content (AvgIpc) is 3.06. The molecule has 0 unspecified atom stereocenters. The number of carbonyl (C=O) groups excluding carboxylic acids is 1. The summed E-state index contributed by atoms with van der Waals surface area (Å²) in [5, 5.41) is 4.07. The van der Waals surface area contributed by atoms with Crippen LogP contribution in [0.15, 0.2) is 71.2 Å². The van der Waals surface area contributed by atoms with Gasteiger partial charge in [0.25, 0.3) is 5.91 Å². The van der Waals surface area contributed by atoms with E-state index in [9.17, 15) is 9.18 Å². The van der Waals surface area contributed by atoms with Gasteiger partial charge in [-0.3, -0.25) is 4.79 Å². The number of carbonyl (C=O) groups is 1. The van der Waals surface area contributed by atoms with Gasteiger partial charge in [0.05, 0.1) is 7.11 Å². The molecule has 164 valence electrons. The minimum Gasteiger partial charge on any atom is -0.497 e. The Labute approximate surface area is 195 Å². The van der Waals surface area contributed by atoms with Gasteiger partial charge in [-0.1, -0.05) is 28.1 Å². The maximum absolute atomic E-state index is 13.1. The molecule has 1 heterocycles. The van der Waals surface area contributed by atoms with Crippen LogP contribution in [-0.4, -0.2) is 24.1 Å². The van der Waals surface area contributed by atoms with E-state index < -0.39 is 0 Å². The van der Waals surface area contributed by atoms with Crippen LogP contribution in [0.5, 0.6) is 5.75 Å². The van der Waals surface area contributed by atoms with E-state index in [-0.39, 0.29) is 11.7 Å². The standard InChI is InChI=1S/C26H24BrFN2O2/c1-17-23(13-14-29-26(31)19-5-9-21(28)10-6-19)24-15-22(32-2)11-12-25(24)30(17)16-18-3-7-20(27)8-4-18/h3-12,15H,13-14,16H2,1-2H3,(H,29,31). The average molecular weight is 495 g/mol. The number of methoxy groups -OCH3 is 1. The molecule has 3 aromatic carbocycles. The minimum atomic E-state index is -0.357. The molecule has 0 saturated carbocycles. The van der Waals surface area contributed by atoms with E-state index >= 15 is 0 Å². The van der Waals surface area contributed by atoms with E-state index in [2.05, 4.69) is 57.0 Å². The lowest BCUT2D eigenvalue weighted by Crippen LogP contribution is -2.25. The molecule has 0 fully saturated rings. The first-order valence-corrected chi connectivity index (χ1v) is 11.2. The van der Waals surface area contributed by atoms with Crippen molar-refractivity contribution in [2.24, 2.45) is 0 Å². The summed E-state index contributed by atoms with van der Waals surface area (Å²) in [7, 11) is 1.66. The van der Waals surface area contributed by atoms with E-state index in [0.29, 0.717) is 18.5 Å². The third-order valence-corrected chi connectivity index (χ3v) is 6.21. The number of nitrogens with zero attached hydrogens (tertiary/aromatic N) is 1. The fourth-order valence-corrected chi connectivity index (χ4v) is 4.22. The largest absolute Gasteiger partial charge is 0.497 e. The van der Waals surface area contributed by atoms with Crippen molar-refractivity contribution in [1.29, 1.82) is 0 Å². The number of hydrogen-bond donors (Lipinski definition) is 1. The molecule has 0 aliphatic carbocycles. The van der Waals surface area contributed by atoms with Crippen LogP contribution in [0.3, 0.4) is 0 Å². The number of rotatable bonds is 7. The van der Waals surface area contributed by atoms with Crippen molar-refractivity contribution in [3.05, 3.63) is 99.4 Å². The van der Waals surface area contributed by atoms with Gasteiger partial charge in [-0.25, -0.2) is 4.39 Å². The summed E-state index contributed by atoms with van der Waals surface area (Å²) in [6.45, 7) is 3.35. The number of aromatic nitrogens is 1. The van der Waals surface area contributed by atoms with Crippen LogP contribution < -0.4 is 10.1 Å². The molecule has 1 aromatic heterocycles. The Bertz CT molecular complexity index is 1250. The predicted molar refractivity (Wildman–Crippen MR) is 129 cm³/mol. The Morgan fingerprint density at radius 1 is 1.06 bits per heavy atom. The van der Waals surface area contributed by atoms with E-state index in [1.54, 1.807) is 7.11 Å². The van der Waals surface area contributed by atoms with Crippen LogP contribution in [-0.2, 0) is 13.0 Å². The summed E-state index contributed by atoms with van der Waals surface area (Å²) < 4.78 is 21.9. The number of nitrogens with one attached hydrogen (secondary N) is 1. The SMILES string of the molecule is COc1ccc2c(c1)c(CCNC(=O)c1ccc(F)cc1)c(C)n2Cc1ccc(Br)cc1. The molecule has 0 spiro atoms. The van der Waals surface area contributed by atoms with Crippen molar-refractivity contribution in [2.75, 3.05) is 13.7 Å². The Morgan fingerprint density at radius 3 is 2.47 bits per heavy atom. The fourth-order valence-electron chi connectivity index (χ4n) is 3.95. The first kappa shape index (κ1) is 22.1. The van der Waals surface area contributed by atoms with Crippen LogP contribution in [0.1, 0.15) is 27.2 Å². The molecule has 0 bridgehead atoms. The van der Waals surface area contributed by atoms with Gasteiger partial charge in [0.15, 0.2) is 0 Å². The predicted octanol–water partition coefficient (Wildman–Crippen LogP) is 5.88. The number of halogens is 2. The topological polar surface area (TPSA) is 43.3 Å². The summed E-state index contributed by atoms with van der Waals surface area (Å²) >= 11 is 3.49. The van der Waals surface area contributed by atoms with Crippen molar-refractivity contribution in [1.82, 2.24) is 9.88 Å². The molecular formula is C26H24BrFN2O2. The normalized spacial score (nSPS) is 11.0. The second-order valence-electron chi connectivity index (χ2n) is 7.67. The van der Waals surface area contributed by atoms with Gasteiger partial charge >= 0.3 is 0 Å². The molecular weight excluding hydrogens is 471 g/mol. The molecule has 4 aromatic rings. The summed E-state index contributed by atoms with van der Waals surface area (Å²) in [4.78, 5) is 12.4. The highest BCUT2D eigenvalue weighted by Crippen LogP contribution is 2.30. The minimum absolute atomic E-state index is 0.209. The van der Waals surface area contributed by atoms with E-state index in [1.807, 2.05) is 18.2 Å². The van der Waals surface area contributed by atoms with E-state index in [1.165, 1.54) is 35.4 Å². The zero-order valence-electron chi connectivity index (χ0n) is 18.0. The van der Waals surface area contributed by atoms with E-state index in [4.69, 9.17) is 4.74 Å². The van der Waals surface area contributed by atoms with Crippen molar-refractivity contribution >= 4 is 32.7 Å². The zero-order chi connectivity index (χ0) is 22.7. The summed E-state index contributed by atoms with van der Waals surface area (Å²) in [5.74, 6) is 0.235. The molecule has 0 aliphatic rings. The van der Waals surface area contributed by atoms with Crippen LogP contribution in [0.2, 0.25) is 0 Å². The first-order chi connectivity index (χ1) is 15.5. The highest BCUT2D eigenvalue weighted by molar-refractivity contribution is 9.10. The van der Waals surface area contributed by atoms with Crippen LogP contribution in [0, 0.1) is 12.7 Å². The number of hydrogen-bond acceptors (Lipinski definition) is 2. The summed E-state index contributed by atoms with van der Waals surface area (Å²) in [6.07, 6.45) is 0.676. The van der Waals surface area contributed by atoms with Gasteiger partial charge in [0.2, 0.25) is 0 Å². The van der Waals surface area contributed by atoms with Crippen LogP contribution in [0.25, 0.3) is 10.9 Å². The van der Waals surface area contributed by atoms with Crippen LogP contribution >= 0.6 is 15.9 Å². The number of ether oxygens (including phenoxy) is 1. The number of fused-ring (bicyclic) bond motifs is 1. The Hall–Kier alpha value is -3.12. The van der Waals surface area contributed by atoms with Gasteiger partial charge in [-0.2, -0.15) is 0 Å². The molecule has 0 radical (unpaired) electrons. The maximum atomic E-state index is 13.1. The first-order valence-electron chi connectivity index (χ1n) is 10.4. The lowest BCUT2D eigenvalue weighted by molar-refractivity contribution is 0.0954. The zero-order valence-corrected chi connectivity index (χ0v) is 19.6. The molecule has 0 saturated heterocycles. The highest BCUT2D eigenvalue weighted by atomic mass is 79.9. The Morgan fingerprint density at radius 2 is 1.78 bits per heavy atom. The smallest absolute Gasteiger partial charge is 0.251 e.